The lowest BCUT2D eigenvalue weighted by molar-refractivity contribution is -0.139. The quantitative estimate of drug-likeness (QED) is 0.465. The van der Waals surface area contributed by atoms with Gasteiger partial charge in [0, 0.05) is 0 Å². The van der Waals surface area contributed by atoms with Gasteiger partial charge in [-0.3, -0.25) is 4.79 Å². The molecule has 9 heavy (non-hydrogen) atoms. The standard InChI is InChI=1S/C6H10O2S/c1-3-4-6(2,9)5(7)8/h3,9H,1,4H2,2H3,(H,7,8). The Hall–Kier alpha value is -0.440. The maximum atomic E-state index is 10.3. The van der Waals surface area contributed by atoms with E-state index in [1.165, 1.54) is 0 Å². The Bertz CT molecular complexity index is 129. The molecule has 0 saturated carbocycles. The van der Waals surface area contributed by atoms with Crippen LogP contribution < -0.4 is 0 Å². The summed E-state index contributed by atoms with van der Waals surface area (Å²) >= 11 is 3.89. The number of hydrogen-bond acceptors (Lipinski definition) is 2. The van der Waals surface area contributed by atoms with E-state index in [-0.39, 0.29) is 0 Å². The first kappa shape index (κ1) is 8.56. The van der Waals surface area contributed by atoms with Crippen molar-refractivity contribution in [3.63, 3.8) is 0 Å². The summed E-state index contributed by atoms with van der Waals surface area (Å²) in [5.41, 5.74) is 0. The lowest BCUT2D eigenvalue weighted by Crippen LogP contribution is -2.27. The average molecular weight is 146 g/mol. The third-order valence-corrected chi connectivity index (χ3v) is 1.38. The molecule has 1 atom stereocenters. The van der Waals surface area contributed by atoms with Gasteiger partial charge in [-0.15, -0.1) is 6.58 Å². The molecule has 0 bridgehead atoms. The Balaban J connectivity index is 4.00. The van der Waals surface area contributed by atoms with Gasteiger partial charge >= 0.3 is 5.97 Å². The van der Waals surface area contributed by atoms with Crippen molar-refractivity contribution in [3.8, 4) is 0 Å². The van der Waals surface area contributed by atoms with Gasteiger partial charge in [-0.25, -0.2) is 0 Å². The van der Waals surface area contributed by atoms with Crippen molar-refractivity contribution < 1.29 is 9.90 Å². The highest BCUT2D eigenvalue weighted by Gasteiger charge is 2.25. The predicted octanol–water partition coefficient (Wildman–Crippen LogP) is 1.34. The van der Waals surface area contributed by atoms with Crippen LogP contribution in [0.4, 0.5) is 0 Å². The summed E-state index contributed by atoms with van der Waals surface area (Å²) in [5.74, 6) is -0.911. The van der Waals surface area contributed by atoms with Crippen molar-refractivity contribution in [1.82, 2.24) is 0 Å². The van der Waals surface area contributed by atoms with E-state index < -0.39 is 10.7 Å². The van der Waals surface area contributed by atoms with Crippen molar-refractivity contribution in [2.24, 2.45) is 0 Å². The van der Waals surface area contributed by atoms with Crippen molar-refractivity contribution in [2.75, 3.05) is 0 Å². The SMILES string of the molecule is C=CCC(C)(S)C(=O)O. The fourth-order valence-electron chi connectivity index (χ4n) is 0.368. The second kappa shape index (κ2) is 2.92. The molecule has 0 rings (SSSR count). The van der Waals surface area contributed by atoms with Crippen LogP contribution in [0.1, 0.15) is 13.3 Å². The summed E-state index contributed by atoms with van der Waals surface area (Å²) in [6.45, 7) is 4.96. The number of allylic oxidation sites excluding steroid dienone is 1. The first-order chi connectivity index (χ1) is 4.00. The van der Waals surface area contributed by atoms with E-state index in [1.54, 1.807) is 13.0 Å². The number of rotatable bonds is 3. The van der Waals surface area contributed by atoms with Crippen LogP contribution >= 0.6 is 12.6 Å². The van der Waals surface area contributed by atoms with Gasteiger partial charge in [-0.2, -0.15) is 12.6 Å². The molecule has 0 aromatic rings. The number of carbonyl (C=O) groups is 1. The van der Waals surface area contributed by atoms with E-state index in [0.29, 0.717) is 6.42 Å². The first-order valence-corrected chi connectivity index (χ1v) is 3.02. The fourth-order valence-corrected chi connectivity index (χ4v) is 0.497. The molecule has 0 spiro atoms. The Morgan fingerprint density at radius 3 is 2.56 bits per heavy atom. The fraction of sp³-hybridized carbons (Fsp3) is 0.500. The molecular formula is C6H10O2S. The molecule has 0 aliphatic carbocycles. The number of carboxylic acids is 1. The molecule has 0 aromatic heterocycles. The highest BCUT2D eigenvalue weighted by molar-refractivity contribution is 7.82. The van der Waals surface area contributed by atoms with Gasteiger partial charge in [-0.1, -0.05) is 6.08 Å². The van der Waals surface area contributed by atoms with E-state index in [0.717, 1.165) is 0 Å². The van der Waals surface area contributed by atoms with Gasteiger partial charge in [0.2, 0.25) is 0 Å². The maximum Gasteiger partial charge on any atom is 0.319 e. The van der Waals surface area contributed by atoms with Crippen molar-refractivity contribution >= 4 is 18.6 Å². The maximum absolute atomic E-state index is 10.3. The van der Waals surface area contributed by atoms with Crippen molar-refractivity contribution in [2.45, 2.75) is 18.1 Å². The van der Waals surface area contributed by atoms with E-state index in [1.807, 2.05) is 0 Å². The third-order valence-electron chi connectivity index (χ3n) is 1.00. The van der Waals surface area contributed by atoms with Crippen molar-refractivity contribution in [3.05, 3.63) is 12.7 Å². The monoisotopic (exact) mass is 146 g/mol. The van der Waals surface area contributed by atoms with E-state index in [9.17, 15) is 4.79 Å². The third kappa shape index (κ3) is 2.56. The van der Waals surface area contributed by atoms with E-state index >= 15 is 0 Å². The van der Waals surface area contributed by atoms with Gasteiger partial charge < -0.3 is 5.11 Å². The minimum absolute atomic E-state index is 0.380. The van der Waals surface area contributed by atoms with Crippen LogP contribution in [0.3, 0.4) is 0 Å². The zero-order valence-electron chi connectivity index (χ0n) is 5.29. The number of thiol groups is 1. The number of aliphatic carboxylic acids is 1. The first-order valence-electron chi connectivity index (χ1n) is 2.57. The molecule has 0 aliphatic heterocycles. The lowest BCUT2D eigenvalue weighted by Gasteiger charge is -2.14. The van der Waals surface area contributed by atoms with Gasteiger partial charge in [0.05, 0.1) is 0 Å². The number of carboxylic acid groups (broad SMARTS) is 1. The largest absolute Gasteiger partial charge is 0.480 e. The van der Waals surface area contributed by atoms with Crippen LogP contribution in [0, 0.1) is 0 Å². The predicted molar refractivity (Wildman–Crippen MR) is 39.8 cm³/mol. The Morgan fingerprint density at radius 1 is 2.00 bits per heavy atom. The van der Waals surface area contributed by atoms with E-state index in [2.05, 4.69) is 19.2 Å². The molecule has 0 radical (unpaired) electrons. The zero-order valence-corrected chi connectivity index (χ0v) is 6.19. The molecule has 3 heteroatoms. The average Bonchev–Trinajstić information content (AvgIpc) is 1.65. The molecule has 0 aliphatic rings. The summed E-state index contributed by atoms with van der Waals surface area (Å²) in [6, 6.07) is 0. The van der Waals surface area contributed by atoms with Gasteiger partial charge in [0.1, 0.15) is 4.75 Å². The molecule has 0 heterocycles. The minimum atomic E-state index is -0.957. The Morgan fingerprint density at radius 2 is 2.44 bits per heavy atom. The van der Waals surface area contributed by atoms with Gasteiger partial charge in [0.25, 0.3) is 0 Å². The molecule has 2 nitrogen and oxygen atoms in total. The van der Waals surface area contributed by atoms with Crippen molar-refractivity contribution in [1.29, 1.82) is 0 Å². The van der Waals surface area contributed by atoms with Crippen LogP contribution in [-0.2, 0) is 4.79 Å². The summed E-state index contributed by atoms with van der Waals surface area (Å²) < 4.78 is -0.957. The summed E-state index contributed by atoms with van der Waals surface area (Å²) in [4.78, 5) is 10.3. The van der Waals surface area contributed by atoms with Crippen LogP contribution in [0.2, 0.25) is 0 Å². The second-order valence-corrected chi connectivity index (χ2v) is 3.06. The molecule has 0 amide bonds. The molecule has 0 saturated heterocycles. The van der Waals surface area contributed by atoms with Gasteiger partial charge in [0.15, 0.2) is 0 Å². The Labute approximate surface area is 60.0 Å². The molecular weight excluding hydrogens is 136 g/mol. The van der Waals surface area contributed by atoms with Crippen LogP contribution in [0.5, 0.6) is 0 Å². The highest BCUT2D eigenvalue weighted by atomic mass is 32.1. The number of hydrogen-bond donors (Lipinski definition) is 2. The van der Waals surface area contributed by atoms with Crippen LogP contribution in [-0.4, -0.2) is 15.8 Å². The Kier molecular flexibility index (Phi) is 2.77. The molecule has 52 valence electrons. The van der Waals surface area contributed by atoms with Crippen LogP contribution in [0.15, 0.2) is 12.7 Å². The smallest absolute Gasteiger partial charge is 0.319 e. The summed E-state index contributed by atoms with van der Waals surface area (Å²) in [7, 11) is 0. The zero-order chi connectivity index (χ0) is 7.49. The molecule has 1 unspecified atom stereocenters. The molecule has 0 fully saturated rings. The second-order valence-electron chi connectivity index (χ2n) is 2.07. The topological polar surface area (TPSA) is 37.3 Å². The van der Waals surface area contributed by atoms with Gasteiger partial charge in [-0.05, 0) is 13.3 Å². The minimum Gasteiger partial charge on any atom is -0.480 e. The lowest BCUT2D eigenvalue weighted by atomic mass is 10.1. The highest BCUT2D eigenvalue weighted by Crippen LogP contribution is 2.18. The summed E-state index contributed by atoms with van der Waals surface area (Å²) in [6.07, 6.45) is 1.92. The molecule has 0 aromatic carbocycles. The summed E-state index contributed by atoms with van der Waals surface area (Å²) in [5, 5.41) is 8.45. The van der Waals surface area contributed by atoms with E-state index in [4.69, 9.17) is 5.11 Å². The van der Waals surface area contributed by atoms with Crippen LogP contribution in [0.25, 0.3) is 0 Å². The molecule has 1 N–H and O–H groups in total. The normalized spacial score (nSPS) is 16.2.